The molecule has 0 heterocycles. The third kappa shape index (κ3) is 1.75. The van der Waals surface area contributed by atoms with Gasteiger partial charge in [-0.2, -0.15) is 0 Å². The molecule has 0 aliphatic heterocycles. The molecule has 1 aliphatic carbocycles. The molecule has 1 atom stereocenters. The largest absolute Gasteiger partial charge is 0.330 e. The lowest BCUT2D eigenvalue weighted by atomic mass is 9.93. The zero-order chi connectivity index (χ0) is 9.10. The number of aryl methyl sites for hydroxylation is 1. The van der Waals surface area contributed by atoms with Crippen molar-refractivity contribution in [2.75, 3.05) is 6.54 Å². The van der Waals surface area contributed by atoms with E-state index in [1.807, 2.05) is 0 Å². The minimum atomic E-state index is 0.610. The van der Waals surface area contributed by atoms with Crippen molar-refractivity contribution >= 4 is 0 Å². The number of hydrogen-bond acceptors (Lipinski definition) is 1. The van der Waals surface area contributed by atoms with Crippen molar-refractivity contribution < 1.29 is 0 Å². The highest BCUT2D eigenvalue weighted by Gasteiger charge is 2.16. The van der Waals surface area contributed by atoms with Crippen LogP contribution in [-0.2, 0) is 6.42 Å². The summed E-state index contributed by atoms with van der Waals surface area (Å²) in [7, 11) is 0. The van der Waals surface area contributed by atoms with Gasteiger partial charge in [-0.15, -0.1) is 0 Å². The van der Waals surface area contributed by atoms with Gasteiger partial charge < -0.3 is 5.73 Å². The Bertz CT molecular complexity index is 280. The lowest BCUT2D eigenvalue weighted by Crippen LogP contribution is -2.12. The standard InChI is InChI=1S/C12H17N/c13-9-11-7-2-1-5-10-6-3-4-8-12(10)11/h3-4,6,8,11H,1-2,5,7,9,13H2. The van der Waals surface area contributed by atoms with Crippen LogP contribution >= 0.6 is 0 Å². The second-order valence-electron chi connectivity index (χ2n) is 3.88. The molecule has 1 heteroatoms. The van der Waals surface area contributed by atoms with E-state index in [-0.39, 0.29) is 0 Å². The average molecular weight is 175 g/mol. The molecule has 0 saturated heterocycles. The first kappa shape index (κ1) is 8.76. The summed E-state index contributed by atoms with van der Waals surface area (Å²) in [4.78, 5) is 0. The maximum atomic E-state index is 5.79. The molecule has 2 rings (SSSR count). The van der Waals surface area contributed by atoms with Crippen LogP contribution in [0.1, 0.15) is 36.3 Å². The summed E-state index contributed by atoms with van der Waals surface area (Å²) >= 11 is 0. The number of fused-ring (bicyclic) bond motifs is 1. The average Bonchev–Trinajstić information content (AvgIpc) is 2.39. The summed E-state index contributed by atoms with van der Waals surface area (Å²) in [5.41, 5.74) is 8.81. The second-order valence-corrected chi connectivity index (χ2v) is 3.88. The van der Waals surface area contributed by atoms with Crippen molar-refractivity contribution in [2.45, 2.75) is 31.6 Å². The first-order chi connectivity index (χ1) is 6.42. The van der Waals surface area contributed by atoms with E-state index in [0.29, 0.717) is 5.92 Å². The lowest BCUT2D eigenvalue weighted by Gasteiger charge is -2.14. The van der Waals surface area contributed by atoms with Gasteiger partial charge in [0.2, 0.25) is 0 Å². The van der Waals surface area contributed by atoms with Crippen LogP contribution < -0.4 is 5.73 Å². The Balaban J connectivity index is 2.35. The molecule has 0 saturated carbocycles. The Morgan fingerprint density at radius 3 is 2.92 bits per heavy atom. The van der Waals surface area contributed by atoms with Gasteiger partial charge in [-0.25, -0.2) is 0 Å². The van der Waals surface area contributed by atoms with Crippen molar-refractivity contribution in [1.29, 1.82) is 0 Å². The third-order valence-corrected chi connectivity index (χ3v) is 3.03. The highest BCUT2D eigenvalue weighted by Crippen LogP contribution is 2.29. The lowest BCUT2D eigenvalue weighted by molar-refractivity contribution is 0.603. The zero-order valence-corrected chi connectivity index (χ0v) is 8.00. The van der Waals surface area contributed by atoms with Gasteiger partial charge in [0, 0.05) is 0 Å². The molecule has 1 unspecified atom stereocenters. The van der Waals surface area contributed by atoms with Crippen LogP contribution in [0.4, 0.5) is 0 Å². The Labute approximate surface area is 80.0 Å². The molecule has 0 aromatic heterocycles. The van der Waals surface area contributed by atoms with Crippen molar-refractivity contribution in [2.24, 2.45) is 5.73 Å². The van der Waals surface area contributed by atoms with E-state index in [9.17, 15) is 0 Å². The van der Waals surface area contributed by atoms with Crippen LogP contribution in [0.25, 0.3) is 0 Å². The Hall–Kier alpha value is -0.820. The van der Waals surface area contributed by atoms with Crippen LogP contribution in [0.5, 0.6) is 0 Å². The molecule has 1 aromatic carbocycles. The highest BCUT2D eigenvalue weighted by atomic mass is 14.5. The topological polar surface area (TPSA) is 26.0 Å². The number of rotatable bonds is 1. The van der Waals surface area contributed by atoms with Gasteiger partial charge in [-0.3, -0.25) is 0 Å². The molecular weight excluding hydrogens is 158 g/mol. The summed E-state index contributed by atoms with van der Waals surface area (Å²) in [6.07, 6.45) is 5.17. The van der Waals surface area contributed by atoms with E-state index < -0.39 is 0 Å². The Kier molecular flexibility index (Phi) is 2.65. The van der Waals surface area contributed by atoms with Crippen molar-refractivity contribution in [1.82, 2.24) is 0 Å². The smallest absolute Gasteiger partial charge is 0.000813 e. The molecule has 1 aliphatic rings. The van der Waals surface area contributed by atoms with E-state index in [4.69, 9.17) is 5.73 Å². The normalized spacial score (nSPS) is 22.1. The van der Waals surface area contributed by atoms with Crippen molar-refractivity contribution in [3.8, 4) is 0 Å². The van der Waals surface area contributed by atoms with E-state index >= 15 is 0 Å². The van der Waals surface area contributed by atoms with Crippen LogP contribution in [0.3, 0.4) is 0 Å². The molecule has 0 spiro atoms. The fraction of sp³-hybridized carbons (Fsp3) is 0.500. The highest BCUT2D eigenvalue weighted by molar-refractivity contribution is 5.31. The molecular formula is C12H17N. The Morgan fingerprint density at radius 1 is 1.23 bits per heavy atom. The van der Waals surface area contributed by atoms with Gasteiger partial charge in [-0.05, 0) is 42.9 Å². The first-order valence-corrected chi connectivity index (χ1v) is 5.19. The van der Waals surface area contributed by atoms with E-state index in [1.165, 1.54) is 36.8 Å². The molecule has 2 N–H and O–H groups in total. The maximum absolute atomic E-state index is 5.79. The minimum Gasteiger partial charge on any atom is -0.330 e. The minimum absolute atomic E-state index is 0.610. The SMILES string of the molecule is NCC1CCCCc2ccccc21. The first-order valence-electron chi connectivity index (χ1n) is 5.19. The van der Waals surface area contributed by atoms with Gasteiger partial charge in [0.15, 0.2) is 0 Å². The second kappa shape index (κ2) is 3.93. The van der Waals surface area contributed by atoms with Gasteiger partial charge in [0.05, 0.1) is 0 Å². The monoisotopic (exact) mass is 175 g/mol. The summed E-state index contributed by atoms with van der Waals surface area (Å²) in [5, 5.41) is 0. The number of nitrogens with two attached hydrogens (primary N) is 1. The van der Waals surface area contributed by atoms with Gasteiger partial charge in [-0.1, -0.05) is 30.7 Å². The van der Waals surface area contributed by atoms with Crippen LogP contribution in [0, 0.1) is 0 Å². The van der Waals surface area contributed by atoms with E-state index in [1.54, 1.807) is 0 Å². The fourth-order valence-electron chi connectivity index (χ4n) is 2.27. The van der Waals surface area contributed by atoms with Gasteiger partial charge in [0.25, 0.3) is 0 Å². The van der Waals surface area contributed by atoms with Crippen LogP contribution in [0.2, 0.25) is 0 Å². The molecule has 0 bridgehead atoms. The number of benzene rings is 1. The van der Waals surface area contributed by atoms with Crippen LogP contribution in [0.15, 0.2) is 24.3 Å². The molecule has 0 amide bonds. The molecule has 0 radical (unpaired) electrons. The van der Waals surface area contributed by atoms with E-state index in [0.717, 1.165) is 6.54 Å². The summed E-state index contributed by atoms with van der Waals surface area (Å²) in [6, 6.07) is 8.77. The summed E-state index contributed by atoms with van der Waals surface area (Å²) < 4.78 is 0. The molecule has 13 heavy (non-hydrogen) atoms. The van der Waals surface area contributed by atoms with Crippen molar-refractivity contribution in [3.63, 3.8) is 0 Å². The predicted octanol–water partition coefficient (Wildman–Crippen LogP) is 2.46. The van der Waals surface area contributed by atoms with Crippen LogP contribution in [-0.4, -0.2) is 6.54 Å². The van der Waals surface area contributed by atoms with Gasteiger partial charge in [0.1, 0.15) is 0 Å². The molecule has 1 aromatic rings. The quantitative estimate of drug-likeness (QED) is 0.652. The number of hydrogen-bond donors (Lipinski definition) is 1. The van der Waals surface area contributed by atoms with E-state index in [2.05, 4.69) is 24.3 Å². The summed E-state index contributed by atoms with van der Waals surface area (Å²) in [5.74, 6) is 0.610. The third-order valence-electron chi connectivity index (χ3n) is 3.03. The molecule has 70 valence electrons. The van der Waals surface area contributed by atoms with Crippen molar-refractivity contribution in [3.05, 3.63) is 35.4 Å². The maximum Gasteiger partial charge on any atom is -0.000813 e. The predicted molar refractivity (Wildman–Crippen MR) is 55.8 cm³/mol. The molecule has 0 fully saturated rings. The Morgan fingerprint density at radius 2 is 2.08 bits per heavy atom. The molecule has 1 nitrogen and oxygen atoms in total. The summed E-state index contributed by atoms with van der Waals surface area (Å²) in [6.45, 7) is 0.803. The van der Waals surface area contributed by atoms with Gasteiger partial charge >= 0.3 is 0 Å². The fourth-order valence-corrected chi connectivity index (χ4v) is 2.27. The zero-order valence-electron chi connectivity index (χ0n) is 8.00.